The second-order valence-corrected chi connectivity index (χ2v) is 7.34. The molecule has 0 radical (unpaired) electrons. The number of H-pyrrole nitrogens is 1. The summed E-state index contributed by atoms with van der Waals surface area (Å²) in [6.07, 6.45) is 1.51. The molecular weight excluding hydrogens is 360 g/mol. The van der Waals surface area contributed by atoms with E-state index in [9.17, 15) is 13.7 Å². The van der Waals surface area contributed by atoms with Crippen molar-refractivity contribution in [2.45, 2.75) is 10.8 Å². The van der Waals surface area contributed by atoms with Crippen molar-refractivity contribution in [3.8, 4) is 6.07 Å². The molecule has 126 valence electrons. The van der Waals surface area contributed by atoms with E-state index in [4.69, 9.17) is 11.6 Å². The van der Waals surface area contributed by atoms with Crippen LogP contribution in [0.4, 0.5) is 5.82 Å². The van der Waals surface area contributed by atoms with Crippen LogP contribution < -0.4 is 4.72 Å². The van der Waals surface area contributed by atoms with Crippen molar-refractivity contribution in [2.24, 2.45) is 0 Å². The van der Waals surface area contributed by atoms with Gasteiger partial charge < -0.3 is 0 Å². The summed E-state index contributed by atoms with van der Waals surface area (Å²) < 4.78 is 27.4. The fourth-order valence-corrected chi connectivity index (χ4v) is 3.54. The van der Waals surface area contributed by atoms with E-state index in [1.165, 1.54) is 18.3 Å². The minimum Gasteiger partial charge on any atom is -0.283 e. The summed E-state index contributed by atoms with van der Waals surface area (Å²) in [5.74, 6) is -0.602. The first-order valence-electron chi connectivity index (χ1n) is 7.28. The van der Waals surface area contributed by atoms with E-state index in [1.807, 2.05) is 0 Å². The zero-order chi connectivity index (χ0) is 17.9. The Labute approximate surface area is 150 Å². The van der Waals surface area contributed by atoms with Crippen LogP contribution in [-0.4, -0.2) is 18.6 Å². The maximum atomic E-state index is 12.5. The quantitative estimate of drug-likeness (QED) is 0.715. The minimum atomic E-state index is -3.80. The molecule has 2 aromatic carbocycles. The number of sulfonamides is 1. The second-order valence-electron chi connectivity index (χ2n) is 5.22. The zero-order valence-corrected chi connectivity index (χ0v) is 14.4. The lowest BCUT2D eigenvalue weighted by atomic mass is 9.94. The lowest BCUT2D eigenvalue weighted by molar-refractivity contribution is 0.601. The molecule has 0 fully saturated rings. The Morgan fingerprint density at radius 1 is 1.12 bits per heavy atom. The van der Waals surface area contributed by atoms with Crippen molar-refractivity contribution in [1.82, 2.24) is 10.2 Å². The predicted octanol–water partition coefficient (Wildman–Crippen LogP) is 3.52. The molecule has 3 aromatic rings. The Bertz CT molecular complexity index is 1010. The third kappa shape index (κ3) is 3.65. The number of nitrogens with zero attached hydrogens (tertiary/aromatic N) is 2. The van der Waals surface area contributed by atoms with Crippen LogP contribution >= 0.6 is 11.6 Å². The van der Waals surface area contributed by atoms with Crippen LogP contribution in [0.5, 0.6) is 0 Å². The first-order valence-corrected chi connectivity index (χ1v) is 9.14. The number of aromatic nitrogens is 2. The summed E-state index contributed by atoms with van der Waals surface area (Å²) >= 11 is 5.88. The molecule has 0 saturated carbocycles. The highest BCUT2D eigenvalue weighted by atomic mass is 35.5. The van der Waals surface area contributed by atoms with Crippen LogP contribution in [0, 0.1) is 11.3 Å². The largest absolute Gasteiger partial charge is 0.283 e. The van der Waals surface area contributed by atoms with Gasteiger partial charge in [-0.15, -0.1) is 0 Å². The van der Waals surface area contributed by atoms with E-state index in [0.717, 1.165) is 0 Å². The van der Waals surface area contributed by atoms with Gasteiger partial charge in [0.15, 0.2) is 5.82 Å². The molecule has 0 aliphatic heterocycles. The smallest absolute Gasteiger partial charge is 0.263 e. The molecule has 25 heavy (non-hydrogen) atoms. The SMILES string of the molecule is N#CC(c1ccc(Cl)cc1)c1c[nH]nc1NS(=O)(=O)c1ccccc1. The van der Waals surface area contributed by atoms with Crippen molar-refractivity contribution >= 4 is 27.4 Å². The topological polar surface area (TPSA) is 98.6 Å². The molecule has 0 aliphatic carbocycles. The molecule has 0 saturated heterocycles. The molecule has 1 unspecified atom stereocenters. The Morgan fingerprint density at radius 3 is 2.44 bits per heavy atom. The molecule has 1 aromatic heterocycles. The highest BCUT2D eigenvalue weighted by Gasteiger charge is 2.23. The molecular formula is C17H13ClN4O2S. The number of hydrogen-bond acceptors (Lipinski definition) is 4. The van der Waals surface area contributed by atoms with Crippen molar-refractivity contribution in [2.75, 3.05) is 4.72 Å². The van der Waals surface area contributed by atoms with E-state index < -0.39 is 15.9 Å². The van der Waals surface area contributed by atoms with Gasteiger partial charge in [0.1, 0.15) is 5.92 Å². The van der Waals surface area contributed by atoms with Gasteiger partial charge in [0, 0.05) is 16.8 Å². The maximum Gasteiger partial charge on any atom is 0.263 e. The van der Waals surface area contributed by atoms with E-state index in [1.54, 1.807) is 42.5 Å². The second kappa shape index (κ2) is 6.97. The molecule has 0 aliphatic rings. The lowest BCUT2D eigenvalue weighted by Gasteiger charge is -2.11. The summed E-state index contributed by atoms with van der Waals surface area (Å²) in [5, 5.41) is 16.7. The molecule has 1 atom stereocenters. The Balaban J connectivity index is 1.95. The average Bonchev–Trinajstić information content (AvgIpc) is 3.05. The van der Waals surface area contributed by atoms with Gasteiger partial charge in [-0.3, -0.25) is 9.82 Å². The molecule has 0 bridgehead atoms. The number of aromatic amines is 1. The van der Waals surface area contributed by atoms with Gasteiger partial charge in [-0.05, 0) is 29.8 Å². The highest BCUT2D eigenvalue weighted by molar-refractivity contribution is 7.92. The monoisotopic (exact) mass is 372 g/mol. The number of benzene rings is 2. The van der Waals surface area contributed by atoms with E-state index in [2.05, 4.69) is 21.0 Å². The van der Waals surface area contributed by atoms with Crippen molar-refractivity contribution < 1.29 is 8.42 Å². The van der Waals surface area contributed by atoms with Gasteiger partial charge in [0.2, 0.25) is 0 Å². The zero-order valence-electron chi connectivity index (χ0n) is 12.8. The summed E-state index contributed by atoms with van der Waals surface area (Å²) in [5.41, 5.74) is 1.12. The van der Waals surface area contributed by atoms with E-state index in [0.29, 0.717) is 16.1 Å². The number of halogens is 1. The Morgan fingerprint density at radius 2 is 1.80 bits per heavy atom. The predicted molar refractivity (Wildman–Crippen MR) is 94.7 cm³/mol. The van der Waals surface area contributed by atoms with Gasteiger partial charge in [-0.2, -0.15) is 10.4 Å². The molecule has 0 amide bonds. The van der Waals surface area contributed by atoms with Gasteiger partial charge in [-0.25, -0.2) is 8.42 Å². The molecule has 1 heterocycles. The van der Waals surface area contributed by atoms with E-state index in [-0.39, 0.29) is 10.7 Å². The lowest BCUT2D eigenvalue weighted by Crippen LogP contribution is -2.15. The normalized spacial score (nSPS) is 12.3. The number of nitriles is 1. The highest BCUT2D eigenvalue weighted by Crippen LogP contribution is 2.30. The molecule has 2 N–H and O–H groups in total. The van der Waals surface area contributed by atoms with E-state index >= 15 is 0 Å². The van der Waals surface area contributed by atoms with Gasteiger partial charge >= 0.3 is 0 Å². The number of nitrogens with one attached hydrogen (secondary N) is 2. The van der Waals surface area contributed by atoms with Gasteiger partial charge in [0.25, 0.3) is 10.0 Å². The third-order valence-corrected chi connectivity index (χ3v) is 5.20. The Hall–Kier alpha value is -2.82. The molecule has 8 heteroatoms. The minimum absolute atomic E-state index is 0.0883. The standard InChI is InChI=1S/C17H13ClN4O2S/c18-13-8-6-12(7-9-13)15(10-19)16-11-20-21-17(16)22-25(23,24)14-4-2-1-3-5-14/h1-9,11,15H,(H2,20,21,22). The number of anilines is 1. The Kier molecular flexibility index (Phi) is 4.74. The van der Waals surface area contributed by atoms with Crippen molar-refractivity contribution in [3.63, 3.8) is 0 Å². The molecule has 3 rings (SSSR count). The summed E-state index contributed by atoms with van der Waals surface area (Å²) in [4.78, 5) is 0.115. The molecule has 6 nitrogen and oxygen atoms in total. The van der Waals surface area contributed by atoms with Crippen LogP contribution in [0.3, 0.4) is 0 Å². The van der Waals surface area contributed by atoms with Crippen LogP contribution in [0.2, 0.25) is 5.02 Å². The third-order valence-electron chi connectivity index (χ3n) is 3.60. The van der Waals surface area contributed by atoms with Crippen LogP contribution in [-0.2, 0) is 10.0 Å². The van der Waals surface area contributed by atoms with Gasteiger partial charge in [0.05, 0.1) is 11.0 Å². The van der Waals surface area contributed by atoms with Gasteiger partial charge in [-0.1, -0.05) is 41.9 Å². The molecule has 0 spiro atoms. The maximum absolute atomic E-state index is 12.5. The van der Waals surface area contributed by atoms with Crippen molar-refractivity contribution in [1.29, 1.82) is 5.26 Å². The number of rotatable bonds is 5. The summed E-state index contributed by atoms with van der Waals surface area (Å²) in [7, 11) is -3.80. The van der Waals surface area contributed by atoms with Crippen LogP contribution in [0.1, 0.15) is 17.0 Å². The van der Waals surface area contributed by atoms with Crippen LogP contribution in [0.25, 0.3) is 0 Å². The summed E-state index contributed by atoms with van der Waals surface area (Å²) in [6, 6.07) is 16.9. The first kappa shape index (κ1) is 17.0. The van der Waals surface area contributed by atoms with Crippen molar-refractivity contribution in [3.05, 3.63) is 76.9 Å². The first-order chi connectivity index (χ1) is 12.0. The number of hydrogen-bond donors (Lipinski definition) is 2. The fraction of sp³-hybridized carbons (Fsp3) is 0.0588. The fourth-order valence-electron chi connectivity index (χ4n) is 2.37. The summed E-state index contributed by atoms with van der Waals surface area (Å²) in [6.45, 7) is 0. The van der Waals surface area contributed by atoms with Crippen LogP contribution in [0.15, 0.2) is 65.7 Å². The average molecular weight is 373 g/mol.